The zero-order valence-electron chi connectivity index (χ0n) is 14.1. The van der Waals surface area contributed by atoms with E-state index < -0.39 is 6.10 Å². The van der Waals surface area contributed by atoms with Crippen molar-refractivity contribution in [2.75, 3.05) is 0 Å². The van der Waals surface area contributed by atoms with Gasteiger partial charge in [-0.1, -0.05) is 57.7 Å². The van der Waals surface area contributed by atoms with E-state index in [9.17, 15) is 9.90 Å². The summed E-state index contributed by atoms with van der Waals surface area (Å²) >= 11 is 0. The molecule has 0 aliphatic carbocycles. The van der Waals surface area contributed by atoms with Gasteiger partial charge in [0.05, 0.1) is 12.5 Å². The highest BCUT2D eigenvalue weighted by atomic mass is 16.5. The van der Waals surface area contributed by atoms with Gasteiger partial charge in [0.2, 0.25) is 0 Å². The molecule has 2 aromatic rings. The highest BCUT2D eigenvalue weighted by Crippen LogP contribution is 2.24. The number of ether oxygens (including phenoxy) is 1. The highest BCUT2D eigenvalue weighted by Gasteiger charge is 2.25. The number of pyridine rings is 1. The number of rotatable bonds is 3. The van der Waals surface area contributed by atoms with E-state index in [2.05, 4.69) is 4.98 Å². The molecule has 4 heteroatoms. The second-order valence-corrected chi connectivity index (χ2v) is 5.31. The van der Waals surface area contributed by atoms with Crippen molar-refractivity contribution in [1.82, 2.24) is 4.98 Å². The molecule has 1 aromatic heterocycles. The third-order valence-corrected chi connectivity index (χ3v) is 3.62. The first-order valence-electron chi connectivity index (χ1n) is 8.27. The van der Waals surface area contributed by atoms with E-state index in [0.717, 1.165) is 16.7 Å². The first-order valence-corrected chi connectivity index (χ1v) is 8.27. The topological polar surface area (TPSA) is 59.4 Å². The van der Waals surface area contributed by atoms with Crippen molar-refractivity contribution in [1.29, 1.82) is 0 Å². The van der Waals surface area contributed by atoms with Crippen LogP contribution in [-0.2, 0) is 9.53 Å². The van der Waals surface area contributed by atoms with Crippen LogP contribution in [0.2, 0.25) is 0 Å². The molecule has 0 spiro atoms. The van der Waals surface area contributed by atoms with E-state index in [1.807, 2.05) is 62.4 Å². The average Bonchev–Trinajstić information content (AvgIpc) is 2.62. The lowest BCUT2D eigenvalue weighted by Gasteiger charge is -2.23. The molecule has 1 saturated heterocycles. The van der Waals surface area contributed by atoms with Gasteiger partial charge in [-0.3, -0.25) is 9.78 Å². The number of carbonyl (C=O) groups excluding carboxylic acids is 1. The van der Waals surface area contributed by atoms with E-state index in [1.165, 1.54) is 0 Å². The van der Waals surface area contributed by atoms with Gasteiger partial charge in [-0.25, -0.2) is 0 Å². The van der Waals surface area contributed by atoms with E-state index in [4.69, 9.17) is 4.74 Å². The number of cyclic esters (lactones) is 1. The Hall–Kier alpha value is -2.46. The highest BCUT2D eigenvalue weighted by molar-refractivity contribution is 5.75. The maximum Gasteiger partial charge on any atom is 0.309 e. The van der Waals surface area contributed by atoms with Gasteiger partial charge in [0, 0.05) is 24.4 Å². The van der Waals surface area contributed by atoms with Crippen LogP contribution in [0.3, 0.4) is 0 Å². The van der Waals surface area contributed by atoms with E-state index in [1.54, 1.807) is 12.4 Å². The molecule has 4 nitrogen and oxygen atoms in total. The van der Waals surface area contributed by atoms with Crippen LogP contribution in [-0.4, -0.2) is 28.3 Å². The fourth-order valence-electron chi connectivity index (χ4n) is 2.56. The molecular formula is C21H27NO3. The van der Waals surface area contributed by atoms with Crippen molar-refractivity contribution >= 4 is 12.0 Å². The van der Waals surface area contributed by atoms with Gasteiger partial charge < -0.3 is 9.84 Å². The summed E-state index contributed by atoms with van der Waals surface area (Å²) in [6.45, 7) is 4.00. The van der Waals surface area contributed by atoms with Crippen LogP contribution < -0.4 is 0 Å². The van der Waals surface area contributed by atoms with E-state index >= 15 is 0 Å². The van der Waals surface area contributed by atoms with Gasteiger partial charge in [-0.05, 0) is 23.3 Å². The first kappa shape index (κ1) is 20.6. The molecule has 1 fully saturated rings. The summed E-state index contributed by atoms with van der Waals surface area (Å²) in [5.74, 6) is -0.358. The van der Waals surface area contributed by atoms with Crippen molar-refractivity contribution in [2.24, 2.45) is 0 Å². The number of aliphatic hydroxyl groups excluding tert-OH is 1. The van der Waals surface area contributed by atoms with Crippen LogP contribution in [0.25, 0.3) is 17.2 Å². The quantitative estimate of drug-likeness (QED) is 0.836. The largest absolute Gasteiger partial charge is 0.458 e. The molecule has 1 aliphatic heterocycles. The van der Waals surface area contributed by atoms with Crippen molar-refractivity contribution in [2.45, 2.75) is 46.3 Å². The summed E-state index contributed by atoms with van der Waals surface area (Å²) in [6.07, 6.45) is 6.73. The Morgan fingerprint density at radius 2 is 1.92 bits per heavy atom. The summed E-state index contributed by atoms with van der Waals surface area (Å²) in [7, 11) is 0. The molecule has 0 amide bonds. The zero-order valence-corrected chi connectivity index (χ0v) is 14.1. The molecule has 0 radical (unpaired) electrons. The summed E-state index contributed by atoms with van der Waals surface area (Å²) < 4.78 is 5.22. The molecule has 0 saturated carbocycles. The maximum absolute atomic E-state index is 11.4. The predicted octanol–water partition coefficient (Wildman–Crippen LogP) is 4.49. The number of nitrogens with zero attached hydrogens (tertiary/aromatic N) is 1. The predicted molar refractivity (Wildman–Crippen MR) is 102 cm³/mol. The number of esters is 1. The lowest BCUT2D eigenvalue weighted by atomic mass is 10.00. The van der Waals surface area contributed by atoms with Crippen molar-refractivity contribution < 1.29 is 14.6 Å². The standard InChI is InChI=1S/C18H17NO3.C2H6.CH4/c20-15-10-16(22-18(21)11-15)7-6-14-12-19-9-8-17(14)13-4-2-1-3-5-13;1-2;/h1-9,12,15-16,20H,10-11H2;1-2H3;1H4/b7-6+;;. The normalized spacial score (nSPS) is 19.4. The number of hydrogen-bond acceptors (Lipinski definition) is 4. The molecule has 3 rings (SSSR count). The third-order valence-electron chi connectivity index (χ3n) is 3.62. The zero-order chi connectivity index (χ0) is 17.4. The fourth-order valence-corrected chi connectivity index (χ4v) is 2.56. The number of carbonyl (C=O) groups is 1. The van der Waals surface area contributed by atoms with Crippen LogP contribution in [0.1, 0.15) is 39.7 Å². The molecule has 2 atom stereocenters. The Bertz CT molecular complexity index is 683. The lowest BCUT2D eigenvalue weighted by molar-refractivity contribution is -0.156. The van der Waals surface area contributed by atoms with Crippen LogP contribution >= 0.6 is 0 Å². The van der Waals surface area contributed by atoms with Gasteiger partial charge in [0.15, 0.2) is 0 Å². The third kappa shape index (κ3) is 5.84. The first-order chi connectivity index (χ1) is 11.7. The minimum absolute atomic E-state index is 0. The van der Waals surface area contributed by atoms with E-state index in [0.29, 0.717) is 6.42 Å². The van der Waals surface area contributed by atoms with Gasteiger partial charge in [0.1, 0.15) is 6.10 Å². The van der Waals surface area contributed by atoms with Crippen molar-refractivity contribution in [3.63, 3.8) is 0 Å². The van der Waals surface area contributed by atoms with Gasteiger partial charge in [-0.15, -0.1) is 0 Å². The molecular weight excluding hydrogens is 314 g/mol. The van der Waals surface area contributed by atoms with Crippen LogP contribution in [0, 0.1) is 0 Å². The number of hydrogen-bond donors (Lipinski definition) is 1. The van der Waals surface area contributed by atoms with Gasteiger partial charge >= 0.3 is 5.97 Å². The van der Waals surface area contributed by atoms with Crippen molar-refractivity contribution in [3.8, 4) is 11.1 Å². The van der Waals surface area contributed by atoms with Gasteiger partial charge in [-0.2, -0.15) is 0 Å². The minimum atomic E-state index is -0.626. The van der Waals surface area contributed by atoms with Crippen molar-refractivity contribution in [3.05, 3.63) is 60.4 Å². The Morgan fingerprint density at radius 1 is 1.20 bits per heavy atom. The Labute approximate surface area is 150 Å². The van der Waals surface area contributed by atoms with Crippen LogP contribution in [0.4, 0.5) is 0 Å². The number of aromatic nitrogens is 1. The molecule has 2 unspecified atom stereocenters. The fraction of sp³-hybridized carbons (Fsp3) is 0.333. The summed E-state index contributed by atoms with van der Waals surface area (Å²) in [5.41, 5.74) is 3.12. The second-order valence-electron chi connectivity index (χ2n) is 5.31. The Kier molecular flexibility index (Phi) is 8.57. The number of aliphatic hydroxyl groups is 1. The molecule has 1 aliphatic rings. The molecule has 0 bridgehead atoms. The molecule has 134 valence electrons. The Balaban J connectivity index is 0.00000101. The molecule has 1 aromatic carbocycles. The van der Waals surface area contributed by atoms with Gasteiger partial charge in [0.25, 0.3) is 0 Å². The maximum atomic E-state index is 11.4. The molecule has 1 N–H and O–H groups in total. The van der Waals surface area contributed by atoms with Crippen LogP contribution in [0.5, 0.6) is 0 Å². The van der Waals surface area contributed by atoms with Crippen LogP contribution in [0.15, 0.2) is 54.9 Å². The monoisotopic (exact) mass is 341 g/mol. The smallest absolute Gasteiger partial charge is 0.309 e. The lowest BCUT2D eigenvalue weighted by Crippen LogP contribution is -2.31. The van der Waals surface area contributed by atoms with E-state index in [-0.39, 0.29) is 25.9 Å². The summed E-state index contributed by atoms with van der Waals surface area (Å²) in [6, 6.07) is 12.0. The summed E-state index contributed by atoms with van der Waals surface area (Å²) in [4.78, 5) is 15.5. The minimum Gasteiger partial charge on any atom is -0.458 e. The second kappa shape index (κ2) is 10.4. The Morgan fingerprint density at radius 3 is 2.60 bits per heavy atom. The SMILES string of the molecule is C.CC.O=C1CC(O)CC(/C=C/c2cnccc2-c2ccccc2)O1. The average molecular weight is 341 g/mol. The summed E-state index contributed by atoms with van der Waals surface area (Å²) in [5, 5.41) is 9.63. The molecule has 25 heavy (non-hydrogen) atoms. The molecule has 2 heterocycles. The number of benzene rings is 1.